The van der Waals surface area contributed by atoms with Crippen LogP contribution >= 0.6 is 0 Å². The number of hydrogen-bond acceptors (Lipinski definition) is 3. The molecule has 1 heterocycles. The molecule has 1 aliphatic heterocycles. The van der Waals surface area contributed by atoms with Gasteiger partial charge in [-0.25, -0.2) is 8.42 Å². The van der Waals surface area contributed by atoms with E-state index < -0.39 is 10.0 Å². The van der Waals surface area contributed by atoms with Gasteiger partial charge in [0.1, 0.15) is 0 Å². The van der Waals surface area contributed by atoms with Gasteiger partial charge in [-0.15, -0.1) is 0 Å². The highest BCUT2D eigenvalue weighted by molar-refractivity contribution is 7.92. The van der Waals surface area contributed by atoms with Crippen molar-refractivity contribution < 1.29 is 8.42 Å². The molecule has 0 saturated heterocycles. The molecule has 0 atom stereocenters. The van der Waals surface area contributed by atoms with Crippen molar-refractivity contribution in [2.45, 2.75) is 20.3 Å². The average Bonchev–Trinajstić information content (AvgIpc) is 2.31. The van der Waals surface area contributed by atoms with Crippen LogP contribution in [0.15, 0.2) is 24.3 Å². The largest absolute Gasteiger partial charge is 0.383 e. The van der Waals surface area contributed by atoms with Gasteiger partial charge in [0, 0.05) is 13.1 Å². The Bertz CT molecular complexity index is 511. The van der Waals surface area contributed by atoms with Crippen molar-refractivity contribution in [3.05, 3.63) is 24.3 Å². The van der Waals surface area contributed by atoms with Gasteiger partial charge in [0.2, 0.25) is 10.0 Å². The van der Waals surface area contributed by atoms with Gasteiger partial charge >= 0.3 is 0 Å². The Hall–Kier alpha value is -1.23. The summed E-state index contributed by atoms with van der Waals surface area (Å²) >= 11 is 0. The third-order valence-electron chi connectivity index (χ3n) is 2.93. The summed E-state index contributed by atoms with van der Waals surface area (Å²) in [6, 6.07) is 7.61. The average molecular weight is 268 g/mol. The summed E-state index contributed by atoms with van der Waals surface area (Å²) in [7, 11) is -3.20. The van der Waals surface area contributed by atoms with E-state index in [1.807, 2.05) is 38.1 Å². The van der Waals surface area contributed by atoms with Crippen LogP contribution in [0.1, 0.15) is 20.3 Å². The first-order chi connectivity index (χ1) is 8.50. The van der Waals surface area contributed by atoms with Crippen molar-refractivity contribution in [2.24, 2.45) is 5.92 Å². The second-order valence-corrected chi connectivity index (χ2v) is 7.05. The van der Waals surface area contributed by atoms with Crippen molar-refractivity contribution >= 4 is 21.4 Å². The highest BCUT2D eigenvalue weighted by Gasteiger charge is 2.26. The minimum atomic E-state index is -3.20. The van der Waals surface area contributed by atoms with Gasteiger partial charge < -0.3 is 5.32 Å². The smallest absolute Gasteiger partial charge is 0.235 e. The Morgan fingerprint density at radius 3 is 2.78 bits per heavy atom. The van der Waals surface area contributed by atoms with E-state index in [0.717, 1.165) is 11.4 Å². The summed E-state index contributed by atoms with van der Waals surface area (Å²) in [5.74, 6) is 0.508. The topological polar surface area (TPSA) is 49.4 Å². The number of rotatable bonds is 2. The maximum atomic E-state index is 12.4. The van der Waals surface area contributed by atoms with Crippen LogP contribution < -0.4 is 9.62 Å². The van der Waals surface area contributed by atoms with Crippen molar-refractivity contribution in [1.82, 2.24) is 0 Å². The fraction of sp³-hybridized carbons (Fsp3) is 0.538. The first-order valence-corrected chi connectivity index (χ1v) is 7.95. The molecular formula is C13H20N2O2S. The molecular weight excluding hydrogens is 248 g/mol. The molecule has 0 aromatic heterocycles. The fourth-order valence-corrected chi connectivity index (χ4v) is 3.84. The van der Waals surface area contributed by atoms with E-state index in [1.54, 1.807) is 4.31 Å². The predicted molar refractivity (Wildman–Crippen MR) is 75.5 cm³/mol. The molecule has 0 spiro atoms. The van der Waals surface area contributed by atoms with Crippen LogP contribution in [0.2, 0.25) is 0 Å². The number of nitrogens with one attached hydrogen (secondary N) is 1. The lowest BCUT2D eigenvalue weighted by molar-refractivity contribution is 0.575. The number of nitrogens with zero attached hydrogens (tertiary/aromatic N) is 1. The molecule has 2 rings (SSSR count). The van der Waals surface area contributed by atoms with Crippen LogP contribution in [0.3, 0.4) is 0 Å². The van der Waals surface area contributed by atoms with Gasteiger partial charge in [-0.3, -0.25) is 4.31 Å². The van der Waals surface area contributed by atoms with E-state index >= 15 is 0 Å². The third kappa shape index (κ3) is 2.77. The van der Waals surface area contributed by atoms with Gasteiger partial charge in [-0.1, -0.05) is 26.0 Å². The van der Waals surface area contributed by atoms with Crippen molar-refractivity contribution in [1.29, 1.82) is 0 Å². The summed E-state index contributed by atoms with van der Waals surface area (Å²) in [6.45, 7) is 5.29. The summed E-state index contributed by atoms with van der Waals surface area (Å²) in [5, 5.41) is 3.30. The Balaban J connectivity index is 2.48. The van der Waals surface area contributed by atoms with Crippen LogP contribution in [-0.2, 0) is 10.0 Å². The number of hydrogen-bond donors (Lipinski definition) is 1. The molecule has 1 aliphatic rings. The third-order valence-corrected chi connectivity index (χ3v) is 4.76. The first-order valence-electron chi connectivity index (χ1n) is 6.34. The SMILES string of the molecule is CC(C)CN1c2ccccc2NCCCS1(=O)=O. The standard InChI is InChI=1S/C13H20N2O2S/c1-11(2)10-15-13-7-4-3-6-12(13)14-8-5-9-18(15,16)17/h3-4,6-7,11,14H,5,8-10H2,1-2H3. The number of fused-ring (bicyclic) bond motifs is 1. The molecule has 1 aromatic carbocycles. The van der Waals surface area contributed by atoms with Crippen LogP contribution in [0.4, 0.5) is 11.4 Å². The van der Waals surface area contributed by atoms with Gasteiger partial charge in [-0.05, 0) is 24.5 Å². The summed E-state index contributed by atoms with van der Waals surface area (Å²) in [5.41, 5.74) is 1.67. The molecule has 0 aliphatic carbocycles. The highest BCUT2D eigenvalue weighted by Crippen LogP contribution is 2.30. The summed E-state index contributed by atoms with van der Waals surface area (Å²) < 4.78 is 26.3. The lowest BCUT2D eigenvalue weighted by Gasteiger charge is -2.30. The van der Waals surface area contributed by atoms with Crippen molar-refractivity contribution in [2.75, 3.05) is 28.5 Å². The Morgan fingerprint density at radius 1 is 1.33 bits per heavy atom. The molecule has 0 radical (unpaired) electrons. The lowest BCUT2D eigenvalue weighted by Crippen LogP contribution is -2.38. The molecule has 0 saturated carbocycles. The van der Waals surface area contributed by atoms with Gasteiger partial charge in [-0.2, -0.15) is 0 Å². The second-order valence-electron chi connectivity index (χ2n) is 5.04. The summed E-state index contributed by atoms with van der Waals surface area (Å²) in [6.07, 6.45) is 0.644. The van der Waals surface area contributed by atoms with Crippen molar-refractivity contribution in [3.63, 3.8) is 0 Å². The first kappa shape index (κ1) is 13.2. The second kappa shape index (κ2) is 5.18. The van der Waals surface area contributed by atoms with Crippen LogP contribution in [0, 0.1) is 5.92 Å². The number of benzene rings is 1. The predicted octanol–water partition coefficient (Wildman–Crippen LogP) is 2.29. The highest BCUT2D eigenvalue weighted by atomic mass is 32.2. The number of sulfonamides is 1. The minimum Gasteiger partial charge on any atom is -0.383 e. The monoisotopic (exact) mass is 268 g/mol. The molecule has 0 unspecified atom stereocenters. The maximum absolute atomic E-state index is 12.4. The van der Waals surface area contributed by atoms with Crippen molar-refractivity contribution in [3.8, 4) is 0 Å². The van der Waals surface area contributed by atoms with E-state index in [4.69, 9.17) is 0 Å². The Morgan fingerprint density at radius 2 is 2.06 bits per heavy atom. The Labute approximate surface area is 109 Å². The van der Waals surface area contributed by atoms with Crippen LogP contribution in [0.5, 0.6) is 0 Å². The van der Waals surface area contributed by atoms with E-state index in [2.05, 4.69) is 5.32 Å². The zero-order chi connectivity index (χ0) is 13.2. The van der Waals surface area contributed by atoms with E-state index in [-0.39, 0.29) is 5.75 Å². The molecule has 100 valence electrons. The molecule has 1 N–H and O–H groups in total. The molecule has 4 nitrogen and oxygen atoms in total. The molecule has 0 fully saturated rings. The zero-order valence-electron chi connectivity index (χ0n) is 10.9. The molecule has 1 aromatic rings. The number of anilines is 2. The molecule has 0 bridgehead atoms. The summed E-state index contributed by atoms with van der Waals surface area (Å²) in [4.78, 5) is 0. The normalized spacial score (nSPS) is 18.7. The molecule has 5 heteroatoms. The minimum absolute atomic E-state index is 0.209. The Kier molecular flexibility index (Phi) is 3.80. The van der Waals surface area contributed by atoms with Gasteiger partial charge in [0.25, 0.3) is 0 Å². The van der Waals surface area contributed by atoms with E-state index in [9.17, 15) is 8.42 Å². The lowest BCUT2D eigenvalue weighted by atomic mass is 10.2. The fourth-order valence-electron chi connectivity index (χ4n) is 2.12. The zero-order valence-corrected chi connectivity index (χ0v) is 11.7. The quantitative estimate of drug-likeness (QED) is 0.895. The van der Waals surface area contributed by atoms with Gasteiger partial charge in [0.05, 0.1) is 17.1 Å². The van der Waals surface area contributed by atoms with E-state index in [0.29, 0.717) is 25.4 Å². The molecule has 18 heavy (non-hydrogen) atoms. The van der Waals surface area contributed by atoms with E-state index in [1.165, 1.54) is 0 Å². The maximum Gasteiger partial charge on any atom is 0.235 e. The number of para-hydroxylation sites is 2. The van der Waals surface area contributed by atoms with Crippen LogP contribution in [-0.4, -0.2) is 27.3 Å². The molecule has 0 amide bonds. The van der Waals surface area contributed by atoms with Gasteiger partial charge in [0.15, 0.2) is 0 Å². The van der Waals surface area contributed by atoms with Crippen LogP contribution in [0.25, 0.3) is 0 Å².